The Morgan fingerprint density at radius 1 is 1.04 bits per heavy atom. The quantitative estimate of drug-likeness (QED) is 0.641. The minimum Gasteiger partial charge on any atom is -0.492 e. The molecule has 1 aliphatic heterocycles. The van der Waals surface area contributed by atoms with Crippen LogP contribution in [0.3, 0.4) is 0 Å². The highest BCUT2D eigenvalue weighted by atomic mass is 35.5. The monoisotopic (exact) mass is 393 g/mol. The molecule has 0 spiro atoms. The van der Waals surface area contributed by atoms with Gasteiger partial charge in [-0.15, -0.1) is 24.8 Å². The highest BCUT2D eigenvalue weighted by Crippen LogP contribution is 2.28. The van der Waals surface area contributed by atoms with Gasteiger partial charge >= 0.3 is 0 Å². The van der Waals surface area contributed by atoms with E-state index in [2.05, 4.69) is 33.5 Å². The van der Waals surface area contributed by atoms with Crippen molar-refractivity contribution in [3.63, 3.8) is 0 Å². The molecule has 0 saturated heterocycles. The Morgan fingerprint density at radius 2 is 1.92 bits per heavy atom. The summed E-state index contributed by atoms with van der Waals surface area (Å²) in [5.74, 6) is 0.845. The molecule has 0 atom stereocenters. The lowest BCUT2D eigenvalue weighted by Gasteiger charge is -2.08. The molecule has 0 radical (unpaired) electrons. The number of hydrogen-bond acceptors (Lipinski definition) is 3. The summed E-state index contributed by atoms with van der Waals surface area (Å²) in [4.78, 5) is 7.71. The van der Waals surface area contributed by atoms with E-state index in [4.69, 9.17) is 4.74 Å². The van der Waals surface area contributed by atoms with Crippen molar-refractivity contribution in [2.75, 3.05) is 19.7 Å². The summed E-state index contributed by atoms with van der Waals surface area (Å²) in [6, 6.07) is 10.5. The fraction of sp³-hybridized carbons (Fsp3) is 0.350. The van der Waals surface area contributed by atoms with Crippen LogP contribution in [-0.4, -0.2) is 29.7 Å². The molecule has 4 rings (SSSR count). The highest BCUT2D eigenvalue weighted by Gasteiger charge is 2.16. The maximum Gasteiger partial charge on any atom is 0.137 e. The number of aromatic nitrogens is 2. The first-order valence-corrected chi connectivity index (χ1v) is 8.76. The summed E-state index contributed by atoms with van der Waals surface area (Å²) in [7, 11) is 0. The van der Waals surface area contributed by atoms with Crippen molar-refractivity contribution in [2.24, 2.45) is 0 Å². The Kier molecular flexibility index (Phi) is 7.76. The van der Waals surface area contributed by atoms with Crippen molar-refractivity contribution in [1.82, 2.24) is 15.3 Å². The van der Waals surface area contributed by atoms with Gasteiger partial charge in [0.05, 0.1) is 12.8 Å². The Morgan fingerprint density at radius 3 is 2.77 bits per heavy atom. The van der Waals surface area contributed by atoms with Crippen molar-refractivity contribution >= 4 is 35.7 Å². The Balaban J connectivity index is 0.00000121. The van der Waals surface area contributed by atoms with E-state index in [9.17, 15) is 0 Å². The molecule has 0 fully saturated rings. The number of aromatic amines is 1. The third kappa shape index (κ3) is 4.50. The molecule has 4 nitrogen and oxygen atoms in total. The maximum absolute atomic E-state index is 5.77. The third-order valence-corrected chi connectivity index (χ3v) is 4.70. The second-order valence-electron chi connectivity index (χ2n) is 6.31. The highest BCUT2D eigenvalue weighted by molar-refractivity contribution is 5.88. The van der Waals surface area contributed by atoms with Crippen LogP contribution in [0.25, 0.3) is 10.9 Å². The molecule has 0 bridgehead atoms. The second kappa shape index (κ2) is 9.81. The van der Waals surface area contributed by atoms with Crippen LogP contribution in [0.4, 0.5) is 0 Å². The SMILES string of the molecule is Cl.Cl.c1cncc(OCCCc2cccc3[nH]c4c(c23)CCNCC4)c1. The zero-order chi connectivity index (χ0) is 16.2. The predicted octanol–water partition coefficient (Wildman–Crippen LogP) is 4.11. The summed E-state index contributed by atoms with van der Waals surface area (Å²) < 4.78 is 5.77. The predicted molar refractivity (Wildman–Crippen MR) is 111 cm³/mol. The molecule has 0 amide bonds. The van der Waals surface area contributed by atoms with Crippen LogP contribution < -0.4 is 10.1 Å². The van der Waals surface area contributed by atoms with Gasteiger partial charge in [-0.05, 0) is 55.1 Å². The van der Waals surface area contributed by atoms with E-state index in [0.29, 0.717) is 0 Å². The topological polar surface area (TPSA) is 49.9 Å². The zero-order valence-corrected chi connectivity index (χ0v) is 16.3. The van der Waals surface area contributed by atoms with Crippen LogP contribution in [0.15, 0.2) is 42.7 Å². The average Bonchev–Trinajstić information content (AvgIpc) is 2.82. The lowest BCUT2D eigenvalue weighted by atomic mass is 9.99. The Hall–Kier alpha value is -1.75. The van der Waals surface area contributed by atoms with Gasteiger partial charge in [0.15, 0.2) is 0 Å². The van der Waals surface area contributed by atoms with E-state index < -0.39 is 0 Å². The van der Waals surface area contributed by atoms with E-state index in [-0.39, 0.29) is 24.8 Å². The van der Waals surface area contributed by atoms with Gasteiger partial charge in [0.2, 0.25) is 0 Å². The average molecular weight is 394 g/mol. The smallest absolute Gasteiger partial charge is 0.137 e. The second-order valence-corrected chi connectivity index (χ2v) is 6.31. The van der Waals surface area contributed by atoms with Crippen molar-refractivity contribution in [1.29, 1.82) is 0 Å². The fourth-order valence-electron chi connectivity index (χ4n) is 3.58. The molecule has 2 N–H and O–H groups in total. The van der Waals surface area contributed by atoms with Gasteiger partial charge in [-0.1, -0.05) is 12.1 Å². The number of aryl methyl sites for hydroxylation is 1. The van der Waals surface area contributed by atoms with Crippen molar-refractivity contribution in [2.45, 2.75) is 25.7 Å². The first kappa shape index (κ1) is 20.6. The zero-order valence-electron chi connectivity index (χ0n) is 14.7. The van der Waals surface area contributed by atoms with Crippen molar-refractivity contribution < 1.29 is 4.74 Å². The van der Waals surface area contributed by atoms with Crippen LogP contribution in [-0.2, 0) is 19.3 Å². The summed E-state index contributed by atoms with van der Waals surface area (Å²) in [6.45, 7) is 2.85. The summed E-state index contributed by atoms with van der Waals surface area (Å²) in [5, 5.41) is 4.93. The normalized spacial score (nSPS) is 13.2. The van der Waals surface area contributed by atoms with E-state index in [1.165, 1.54) is 27.7 Å². The Bertz CT molecular complexity index is 821. The number of hydrogen-bond donors (Lipinski definition) is 2. The molecule has 3 heterocycles. The molecule has 3 aromatic rings. The van der Waals surface area contributed by atoms with Gasteiger partial charge in [0.1, 0.15) is 5.75 Å². The molecule has 0 unspecified atom stereocenters. The summed E-state index contributed by atoms with van der Waals surface area (Å²) >= 11 is 0. The van der Waals surface area contributed by atoms with Crippen molar-refractivity contribution in [3.8, 4) is 5.75 Å². The van der Waals surface area contributed by atoms with E-state index in [1.54, 1.807) is 12.4 Å². The van der Waals surface area contributed by atoms with Crippen LogP contribution >= 0.6 is 24.8 Å². The number of fused-ring (bicyclic) bond motifs is 3. The van der Waals surface area contributed by atoms with E-state index >= 15 is 0 Å². The molecule has 0 saturated carbocycles. The summed E-state index contributed by atoms with van der Waals surface area (Å²) in [6.07, 6.45) is 7.77. The van der Waals surface area contributed by atoms with Crippen LogP contribution in [0, 0.1) is 0 Å². The molecule has 1 aliphatic rings. The lowest BCUT2D eigenvalue weighted by molar-refractivity contribution is 0.310. The maximum atomic E-state index is 5.77. The molecule has 1 aromatic carbocycles. The van der Waals surface area contributed by atoms with Gasteiger partial charge in [0.25, 0.3) is 0 Å². The molecule has 0 aliphatic carbocycles. The number of nitrogens with zero attached hydrogens (tertiary/aromatic N) is 1. The Labute approximate surface area is 166 Å². The van der Waals surface area contributed by atoms with Gasteiger partial charge in [-0.3, -0.25) is 4.98 Å². The standard InChI is InChI=1S/C20H23N3O.2ClH/c1-4-15(5-3-13-24-16-6-2-10-22-14-16)20-17-8-11-21-12-9-18(17)23-19(20)7-1;;/h1-2,4,6-7,10,14,21,23H,3,5,8-9,11-13H2;2*1H. The van der Waals surface area contributed by atoms with E-state index in [0.717, 1.165) is 51.1 Å². The van der Waals surface area contributed by atoms with Gasteiger partial charge < -0.3 is 15.0 Å². The van der Waals surface area contributed by atoms with Gasteiger partial charge in [-0.25, -0.2) is 0 Å². The van der Waals surface area contributed by atoms with Gasteiger partial charge in [0, 0.05) is 35.8 Å². The molecule has 26 heavy (non-hydrogen) atoms. The first-order valence-electron chi connectivity index (χ1n) is 8.76. The molecule has 6 heteroatoms. The molecular formula is C20H25Cl2N3O. The van der Waals surface area contributed by atoms with Crippen LogP contribution in [0.2, 0.25) is 0 Å². The van der Waals surface area contributed by atoms with Crippen molar-refractivity contribution in [3.05, 3.63) is 59.5 Å². The molecular weight excluding hydrogens is 369 g/mol. The first-order chi connectivity index (χ1) is 11.9. The number of H-pyrrole nitrogens is 1. The van der Waals surface area contributed by atoms with Gasteiger partial charge in [-0.2, -0.15) is 0 Å². The number of nitrogens with one attached hydrogen (secondary N) is 2. The number of pyridine rings is 1. The van der Waals surface area contributed by atoms with Crippen LogP contribution in [0.1, 0.15) is 23.2 Å². The largest absolute Gasteiger partial charge is 0.492 e. The van der Waals surface area contributed by atoms with Crippen LogP contribution in [0.5, 0.6) is 5.75 Å². The minimum atomic E-state index is 0. The fourth-order valence-corrected chi connectivity index (χ4v) is 3.58. The molecule has 2 aromatic heterocycles. The third-order valence-electron chi connectivity index (χ3n) is 4.70. The van der Waals surface area contributed by atoms with E-state index in [1.807, 2.05) is 12.1 Å². The number of rotatable bonds is 5. The number of benzene rings is 1. The number of ether oxygens (including phenoxy) is 1. The minimum absolute atomic E-state index is 0. The summed E-state index contributed by atoms with van der Waals surface area (Å²) in [5.41, 5.74) is 5.64. The molecule has 140 valence electrons. The number of halogens is 2. The lowest BCUT2D eigenvalue weighted by Crippen LogP contribution is -2.16.